The molecule has 2 aromatic carbocycles. The maximum atomic E-state index is 14.1. The molecule has 1 heterocycles. The Hall–Kier alpha value is -3.95. The Bertz CT molecular complexity index is 1560. The lowest BCUT2D eigenvalue weighted by Crippen LogP contribution is -2.66. The summed E-state index contributed by atoms with van der Waals surface area (Å²) in [5, 5.41) is 16.6. The zero-order chi connectivity index (χ0) is 37.4. The lowest BCUT2D eigenvalue weighted by atomic mass is 9.97. The van der Waals surface area contributed by atoms with Crippen LogP contribution in [0, 0.1) is 5.82 Å². The molecule has 3 unspecified atom stereocenters. The molecule has 2 aromatic rings. The van der Waals surface area contributed by atoms with Crippen LogP contribution in [0.5, 0.6) is 0 Å². The molecule has 1 saturated carbocycles. The lowest BCUT2D eigenvalue weighted by molar-refractivity contribution is -0.192. The monoisotopic (exact) mass is 747 g/mol. The van der Waals surface area contributed by atoms with Crippen LogP contribution in [0.2, 0.25) is 10.0 Å². The van der Waals surface area contributed by atoms with Crippen LogP contribution < -0.4 is 16.0 Å². The van der Waals surface area contributed by atoms with Gasteiger partial charge in [-0.25, -0.2) is 9.18 Å². The molecule has 0 spiro atoms. The second-order valence-electron chi connectivity index (χ2n) is 11.9. The van der Waals surface area contributed by atoms with Gasteiger partial charge in [-0.3, -0.25) is 19.2 Å². The first kappa shape index (κ1) is 40.5. The average molecular weight is 749 g/mol. The Morgan fingerprint density at radius 3 is 2.14 bits per heavy atom. The Labute approximate surface area is 296 Å². The maximum Gasteiger partial charge on any atom is 0.490 e. The van der Waals surface area contributed by atoms with E-state index in [9.17, 15) is 36.7 Å². The van der Waals surface area contributed by atoms with Crippen LogP contribution in [0.1, 0.15) is 43.7 Å². The van der Waals surface area contributed by atoms with Crippen LogP contribution in [0.25, 0.3) is 0 Å². The van der Waals surface area contributed by atoms with Crippen LogP contribution in [0.15, 0.2) is 42.5 Å². The number of likely N-dealkylation sites (N-methyl/N-ethyl adjacent to an activating group) is 2. The summed E-state index contributed by atoms with van der Waals surface area (Å²) in [6.07, 6.45) is -2.49. The quantitative estimate of drug-likeness (QED) is 0.242. The Morgan fingerprint density at radius 1 is 1.02 bits per heavy atom. The number of hydrogen-bond donors (Lipinski definition) is 4. The maximum absolute atomic E-state index is 14.1. The summed E-state index contributed by atoms with van der Waals surface area (Å²) >= 11 is 12.5. The van der Waals surface area contributed by atoms with E-state index in [-0.39, 0.29) is 43.7 Å². The molecule has 0 aromatic heterocycles. The van der Waals surface area contributed by atoms with Crippen LogP contribution in [0.3, 0.4) is 0 Å². The van der Waals surface area contributed by atoms with Crippen molar-refractivity contribution in [3.05, 3.63) is 69.5 Å². The summed E-state index contributed by atoms with van der Waals surface area (Å²) in [5.74, 6) is -4.54. The summed E-state index contributed by atoms with van der Waals surface area (Å²) < 4.78 is 45.3. The first-order valence-electron chi connectivity index (χ1n) is 15.8. The zero-order valence-electron chi connectivity index (χ0n) is 27.6. The number of carbonyl (C=O) groups is 5. The molecule has 50 heavy (non-hydrogen) atoms. The second kappa shape index (κ2) is 17.3. The van der Waals surface area contributed by atoms with E-state index < -0.39 is 47.5 Å². The van der Waals surface area contributed by atoms with Crippen LogP contribution in [-0.4, -0.2) is 102 Å². The predicted octanol–water partition coefficient (Wildman–Crippen LogP) is 3.74. The molecule has 1 saturated heterocycles. The third-order valence-corrected chi connectivity index (χ3v) is 9.17. The fourth-order valence-corrected chi connectivity index (χ4v) is 6.09. The number of amides is 4. The molecule has 2 fully saturated rings. The minimum atomic E-state index is -5.08. The first-order valence-corrected chi connectivity index (χ1v) is 16.5. The number of nitrogens with zero attached hydrogens (tertiary/aromatic N) is 2. The highest BCUT2D eigenvalue weighted by Gasteiger charge is 2.50. The number of halogens is 6. The van der Waals surface area contributed by atoms with Crippen molar-refractivity contribution in [2.75, 3.05) is 27.2 Å². The van der Waals surface area contributed by atoms with Gasteiger partial charge in [0.1, 0.15) is 23.9 Å². The average Bonchev–Trinajstić information content (AvgIpc) is 3.87. The van der Waals surface area contributed by atoms with E-state index in [2.05, 4.69) is 16.0 Å². The number of alkyl halides is 3. The molecule has 11 nitrogen and oxygen atoms in total. The van der Waals surface area contributed by atoms with Gasteiger partial charge in [0.05, 0.1) is 5.54 Å². The van der Waals surface area contributed by atoms with E-state index in [1.54, 1.807) is 37.4 Å². The summed E-state index contributed by atoms with van der Waals surface area (Å²) in [5.41, 5.74) is 0.618. The fraction of sp³-hybridized carbons (Fsp3) is 0.485. The first-order chi connectivity index (χ1) is 23.5. The summed E-state index contributed by atoms with van der Waals surface area (Å²) in [7, 11) is 3.21. The fourth-order valence-electron chi connectivity index (χ4n) is 5.61. The molecule has 0 bridgehead atoms. The minimum Gasteiger partial charge on any atom is -0.475 e. The second-order valence-corrected chi connectivity index (χ2v) is 12.8. The van der Waals surface area contributed by atoms with E-state index >= 15 is 0 Å². The van der Waals surface area contributed by atoms with Crippen molar-refractivity contribution < 1.29 is 46.6 Å². The molecule has 2 aliphatic rings. The molecule has 274 valence electrons. The Balaban J connectivity index is 0.000000872. The summed E-state index contributed by atoms with van der Waals surface area (Å²) in [6.45, 7) is 2.20. The number of aliphatic carboxylic acids is 1. The molecular weight excluding hydrogens is 709 g/mol. The van der Waals surface area contributed by atoms with Crippen molar-refractivity contribution in [2.24, 2.45) is 0 Å². The molecular formula is C33H39Cl2F4N5O6. The number of piperazine rings is 1. The molecule has 1 aliphatic carbocycles. The standard InChI is InChI=1S/C31H38Cl2FN5O4.C2HF3O2/c1-4-5-25-29(42)39(26(27(40)35-2)17-20-8-9-21(32)18-23(20)33)15-14-38(25)28(41)24(16-19-6-10-22(34)11-7-19)37-30(43)31(36-3)12-13-31;3-2(4,5)1(6)7/h6-11,18,24-26,36H,4-5,12-17H2,1-3H3,(H,35,40)(H,37,43);(H,6,7). The van der Waals surface area contributed by atoms with Gasteiger partial charge >= 0.3 is 12.1 Å². The van der Waals surface area contributed by atoms with Crippen molar-refractivity contribution >= 4 is 52.8 Å². The lowest BCUT2D eigenvalue weighted by Gasteiger charge is -2.44. The highest BCUT2D eigenvalue weighted by atomic mass is 35.5. The van der Waals surface area contributed by atoms with Crippen molar-refractivity contribution in [1.29, 1.82) is 0 Å². The van der Waals surface area contributed by atoms with Gasteiger partial charge in [-0.05, 0) is 61.7 Å². The molecule has 3 atom stereocenters. The third kappa shape index (κ3) is 10.3. The number of carboxylic acids is 1. The van der Waals surface area contributed by atoms with Crippen LogP contribution >= 0.6 is 23.2 Å². The van der Waals surface area contributed by atoms with Gasteiger partial charge in [0, 0.05) is 43.0 Å². The van der Waals surface area contributed by atoms with Gasteiger partial charge in [-0.1, -0.05) is 54.7 Å². The number of carboxylic acid groups (broad SMARTS) is 1. The predicted molar refractivity (Wildman–Crippen MR) is 177 cm³/mol. The van der Waals surface area contributed by atoms with Gasteiger partial charge in [-0.15, -0.1) is 0 Å². The van der Waals surface area contributed by atoms with E-state index in [4.69, 9.17) is 33.1 Å². The molecule has 17 heteroatoms. The molecule has 1 aliphatic heterocycles. The van der Waals surface area contributed by atoms with Gasteiger partial charge in [0.15, 0.2) is 0 Å². The van der Waals surface area contributed by atoms with E-state index in [0.717, 1.165) is 0 Å². The van der Waals surface area contributed by atoms with Crippen molar-refractivity contribution in [1.82, 2.24) is 25.8 Å². The highest BCUT2D eigenvalue weighted by molar-refractivity contribution is 6.35. The van der Waals surface area contributed by atoms with Crippen molar-refractivity contribution in [3.8, 4) is 0 Å². The van der Waals surface area contributed by atoms with Crippen molar-refractivity contribution in [2.45, 2.75) is 75.3 Å². The summed E-state index contributed by atoms with van der Waals surface area (Å²) in [6, 6.07) is 8.12. The number of rotatable bonds is 12. The van der Waals surface area contributed by atoms with Gasteiger partial charge in [0.25, 0.3) is 0 Å². The largest absolute Gasteiger partial charge is 0.490 e. The zero-order valence-corrected chi connectivity index (χ0v) is 29.1. The number of carbonyl (C=O) groups excluding carboxylic acids is 4. The normalized spacial score (nSPS) is 17.9. The van der Waals surface area contributed by atoms with E-state index in [1.807, 2.05) is 6.92 Å². The van der Waals surface area contributed by atoms with E-state index in [0.29, 0.717) is 46.9 Å². The molecule has 4 amide bonds. The smallest absolute Gasteiger partial charge is 0.475 e. The Kier molecular flexibility index (Phi) is 14.0. The van der Waals surface area contributed by atoms with Gasteiger partial charge < -0.3 is 30.9 Å². The number of hydrogen-bond acceptors (Lipinski definition) is 6. The minimum absolute atomic E-state index is 0.117. The van der Waals surface area contributed by atoms with Crippen molar-refractivity contribution in [3.63, 3.8) is 0 Å². The van der Waals surface area contributed by atoms with Gasteiger partial charge in [-0.2, -0.15) is 13.2 Å². The molecule has 4 rings (SSSR count). The SMILES string of the molecule is CCCC1C(=O)N(C(Cc2ccc(Cl)cc2Cl)C(=O)NC)CCN1C(=O)C(Cc1ccc(F)cc1)NC(=O)C1(NC)CC1.O=C(O)C(F)(F)F. The van der Waals surface area contributed by atoms with E-state index in [1.165, 1.54) is 29.0 Å². The number of nitrogens with one attached hydrogen (secondary N) is 3. The molecule has 4 N–H and O–H groups in total. The van der Waals surface area contributed by atoms with Gasteiger partial charge in [0.2, 0.25) is 23.6 Å². The highest BCUT2D eigenvalue weighted by Crippen LogP contribution is 2.35. The van der Waals surface area contributed by atoms with Crippen LogP contribution in [-0.2, 0) is 36.8 Å². The summed E-state index contributed by atoms with van der Waals surface area (Å²) in [4.78, 5) is 66.4. The van der Waals surface area contributed by atoms with Crippen LogP contribution in [0.4, 0.5) is 17.6 Å². The Morgan fingerprint density at radius 2 is 1.64 bits per heavy atom. The molecule has 0 radical (unpaired) electrons. The topological polar surface area (TPSA) is 148 Å². The third-order valence-electron chi connectivity index (χ3n) is 8.59. The number of benzene rings is 2.